The van der Waals surface area contributed by atoms with Crippen molar-refractivity contribution in [2.45, 2.75) is 51.6 Å². The minimum atomic E-state index is -4.38. The number of carbonyl (C=O) groups excluding carboxylic acids is 2. The molecule has 0 spiro atoms. The van der Waals surface area contributed by atoms with E-state index in [4.69, 9.17) is 4.74 Å². The van der Waals surface area contributed by atoms with E-state index in [0.717, 1.165) is 11.1 Å². The van der Waals surface area contributed by atoms with E-state index >= 15 is 0 Å². The molecule has 7 heteroatoms. The second kappa shape index (κ2) is 9.76. The van der Waals surface area contributed by atoms with Crippen molar-refractivity contribution >= 4 is 11.9 Å². The number of aryl methyl sites for hydroxylation is 2. The number of rotatable bonds is 7. The van der Waals surface area contributed by atoms with Gasteiger partial charge >= 0.3 is 12.1 Å². The Labute approximate surface area is 157 Å². The van der Waals surface area contributed by atoms with Gasteiger partial charge in [0.25, 0.3) is 0 Å². The first kappa shape index (κ1) is 21.3. The molecule has 1 N–H and O–H groups in total. The Hall–Kier alpha value is -2.05. The number of amides is 1. The van der Waals surface area contributed by atoms with Crippen LogP contribution >= 0.6 is 0 Å². The highest BCUT2D eigenvalue weighted by atomic mass is 19.4. The monoisotopic (exact) mass is 385 g/mol. The average molecular weight is 385 g/mol. The summed E-state index contributed by atoms with van der Waals surface area (Å²) in [4.78, 5) is 23.8. The standard InChI is InChI=1S/C20H26F3NO3/c1-14-6-8-15(9-7-14)10-11-18(25)24-12-13-27-19(26)16-4-2-3-5-17(16)20(21,22)23/h6-9,16-17H,2-5,10-13H2,1H3,(H,24,25). The lowest BCUT2D eigenvalue weighted by Crippen LogP contribution is -2.39. The first-order valence-electron chi connectivity index (χ1n) is 9.33. The molecule has 1 aliphatic carbocycles. The Bertz CT molecular complexity index is 628. The zero-order valence-electron chi connectivity index (χ0n) is 15.5. The predicted octanol–water partition coefficient (Wildman–Crippen LogP) is 3.96. The molecule has 0 radical (unpaired) electrons. The molecule has 1 saturated carbocycles. The third-order valence-electron chi connectivity index (χ3n) is 4.92. The lowest BCUT2D eigenvalue weighted by Gasteiger charge is -2.31. The molecule has 1 aromatic carbocycles. The third kappa shape index (κ3) is 6.88. The summed E-state index contributed by atoms with van der Waals surface area (Å²) in [7, 11) is 0. The molecular weight excluding hydrogens is 359 g/mol. The van der Waals surface area contributed by atoms with Crippen molar-refractivity contribution < 1.29 is 27.5 Å². The largest absolute Gasteiger partial charge is 0.464 e. The van der Waals surface area contributed by atoms with Gasteiger partial charge in [-0.2, -0.15) is 13.2 Å². The second-order valence-electron chi connectivity index (χ2n) is 7.04. The van der Waals surface area contributed by atoms with Crippen LogP contribution in [0.25, 0.3) is 0 Å². The van der Waals surface area contributed by atoms with Crippen LogP contribution in [-0.4, -0.2) is 31.2 Å². The topological polar surface area (TPSA) is 55.4 Å². The molecule has 1 aliphatic rings. The van der Waals surface area contributed by atoms with Crippen LogP contribution in [0.5, 0.6) is 0 Å². The number of esters is 1. The SMILES string of the molecule is Cc1ccc(CCC(=O)NCCOC(=O)C2CCCCC2C(F)(F)F)cc1. The molecule has 2 unspecified atom stereocenters. The van der Waals surface area contributed by atoms with Gasteiger partial charge in [0.2, 0.25) is 5.91 Å². The van der Waals surface area contributed by atoms with Gasteiger partial charge in [0.1, 0.15) is 6.61 Å². The molecule has 150 valence electrons. The molecule has 0 aliphatic heterocycles. The normalized spacial score (nSPS) is 20.1. The van der Waals surface area contributed by atoms with Gasteiger partial charge in [-0.3, -0.25) is 9.59 Å². The molecule has 1 fully saturated rings. The summed E-state index contributed by atoms with van der Waals surface area (Å²) in [6.45, 7) is 1.97. The van der Waals surface area contributed by atoms with Crippen molar-refractivity contribution in [3.05, 3.63) is 35.4 Å². The molecule has 2 rings (SSSR count). The van der Waals surface area contributed by atoms with Crippen LogP contribution in [0.2, 0.25) is 0 Å². The van der Waals surface area contributed by atoms with Crippen molar-refractivity contribution in [3.63, 3.8) is 0 Å². The molecule has 0 aromatic heterocycles. The smallest absolute Gasteiger partial charge is 0.392 e. The minimum Gasteiger partial charge on any atom is -0.464 e. The van der Waals surface area contributed by atoms with Gasteiger partial charge in [-0.25, -0.2) is 0 Å². The van der Waals surface area contributed by atoms with Gasteiger partial charge < -0.3 is 10.1 Å². The maximum absolute atomic E-state index is 13.0. The first-order chi connectivity index (χ1) is 12.8. The van der Waals surface area contributed by atoms with Crippen LogP contribution in [0.15, 0.2) is 24.3 Å². The highest BCUT2D eigenvalue weighted by Crippen LogP contribution is 2.41. The zero-order chi connectivity index (χ0) is 19.9. The molecular formula is C20H26F3NO3. The van der Waals surface area contributed by atoms with Crippen LogP contribution < -0.4 is 5.32 Å². The van der Waals surface area contributed by atoms with Crippen LogP contribution in [-0.2, 0) is 20.7 Å². The van der Waals surface area contributed by atoms with Gasteiger partial charge in [0.05, 0.1) is 18.4 Å². The van der Waals surface area contributed by atoms with E-state index in [2.05, 4.69) is 5.32 Å². The Morgan fingerprint density at radius 3 is 2.48 bits per heavy atom. The van der Waals surface area contributed by atoms with Gasteiger partial charge in [0.15, 0.2) is 0 Å². The number of carbonyl (C=O) groups is 2. The predicted molar refractivity (Wildman–Crippen MR) is 95.0 cm³/mol. The average Bonchev–Trinajstić information content (AvgIpc) is 2.64. The molecule has 4 nitrogen and oxygen atoms in total. The minimum absolute atomic E-state index is 0.0288. The van der Waals surface area contributed by atoms with Crippen molar-refractivity contribution in [1.29, 1.82) is 0 Å². The van der Waals surface area contributed by atoms with Crippen molar-refractivity contribution in [1.82, 2.24) is 5.32 Å². The summed E-state index contributed by atoms with van der Waals surface area (Å²) >= 11 is 0. The number of halogens is 3. The summed E-state index contributed by atoms with van der Waals surface area (Å²) < 4.78 is 44.1. The molecule has 0 saturated heterocycles. The number of ether oxygens (including phenoxy) is 1. The lowest BCUT2D eigenvalue weighted by atomic mass is 9.79. The fraction of sp³-hybridized carbons (Fsp3) is 0.600. The van der Waals surface area contributed by atoms with Crippen LogP contribution in [0.3, 0.4) is 0 Å². The Kier molecular flexibility index (Phi) is 7.68. The summed E-state index contributed by atoms with van der Waals surface area (Å²) in [5, 5.41) is 2.63. The van der Waals surface area contributed by atoms with Crippen LogP contribution in [0, 0.1) is 18.8 Å². The quantitative estimate of drug-likeness (QED) is 0.571. The zero-order valence-corrected chi connectivity index (χ0v) is 15.5. The summed E-state index contributed by atoms with van der Waals surface area (Å²) in [5.74, 6) is -3.75. The summed E-state index contributed by atoms with van der Waals surface area (Å²) in [6, 6.07) is 7.88. The van der Waals surface area contributed by atoms with E-state index < -0.39 is 24.0 Å². The molecule has 1 amide bonds. The molecule has 27 heavy (non-hydrogen) atoms. The summed E-state index contributed by atoms with van der Waals surface area (Å²) in [6.07, 6.45) is -2.23. The Morgan fingerprint density at radius 1 is 1.15 bits per heavy atom. The number of hydrogen-bond acceptors (Lipinski definition) is 3. The van der Waals surface area contributed by atoms with E-state index in [0.29, 0.717) is 25.7 Å². The third-order valence-corrected chi connectivity index (χ3v) is 4.92. The van der Waals surface area contributed by atoms with Crippen LogP contribution in [0.4, 0.5) is 13.2 Å². The molecule has 1 aromatic rings. The molecule has 0 heterocycles. The second-order valence-corrected chi connectivity index (χ2v) is 7.04. The summed E-state index contributed by atoms with van der Waals surface area (Å²) in [5.41, 5.74) is 2.20. The lowest BCUT2D eigenvalue weighted by molar-refractivity contribution is -0.205. The van der Waals surface area contributed by atoms with Gasteiger partial charge in [0, 0.05) is 6.42 Å². The number of hydrogen-bond donors (Lipinski definition) is 1. The number of alkyl halides is 3. The van der Waals surface area contributed by atoms with Gasteiger partial charge in [-0.15, -0.1) is 0 Å². The van der Waals surface area contributed by atoms with Crippen molar-refractivity contribution in [2.75, 3.05) is 13.2 Å². The van der Waals surface area contributed by atoms with E-state index in [-0.39, 0.29) is 31.9 Å². The van der Waals surface area contributed by atoms with Crippen molar-refractivity contribution in [3.8, 4) is 0 Å². The number of benzene rings is 1. The van der Waals surface area contributed by atoms with Crippen LogP contribution in [0.1, 0.15) is 43.2 Å². The van der Waals surface area contributed by atoms with Gasteiger partial charge in [-0.05, 0) is 31.7 Å². The van der Waals surface area contributed by atoms with E-state index in [9.17, 15) is 22.8 Å². The Morgan fingerprint density at radius 2 is 1.81 bits per heavy atom. The fourth-order valence-corrected chi connectivity index (χ4v) is 3.35. The maximum atomic E-state index is 13.0. The Balaban J connectivity index is 1.67. The van der Waals surface area contributed by atoms with E-state index in [1.165, 1.54) is 0 Å². The van der Waals surface area contributed by atoms with E-state index in [1.54, 1.807) is 0 Å². The van der Waals surface area contributed by atoms with E-state index in [1.807, 2.05) is 31.2 Å². The fourth-order valence-electron chi connectivity index (χ4n) is 3.35. The highest BCUT2D eigenvalue weighted by molar-refractivity contribution is 5.76. The highest BCUT2D eigenvalue weighted by Gasteiger charge is 2.48. The molecule has 2 atom stereocenters. The van der Waals surface area contributed by atoms with Gasteiger partial charge in [-0.1, -0.05) is 42.7 Å². The number of nitrogens with one attached hydrogen (secondary N) is 1. The maximum Gasteiger partial charge on any atom is 0.392 e. The molecule has 0 bridgehead atoms. The van der Waals surface area contributed by atoms with Crippen molar-refractivity contribution in [2.24, 2.45) is 11.8 Å². The first-order valence-corrected chi connectivity index (χ1v) is 9.33.